The second-order valence-electron chi connectivity index (χ2n) is 10.1. The molecule has 0 saturated carbocycles. The minimum atomic E-state index is -0.945. The second-order valence-corrected chi connectivity index (χ2v) is 12.0. The number of aliphatic hydroxyl groups excluding tert-OH is 1. The van der Waals surface area contributed by atoms with Crippen LogP contribution in [0.15, 0.2) is 69.9 Å². The molecule has 38 heavy (non-hydrogen) atoms. The van der Waals surface area contributed by atoms with E-state index in [0.717, 1.165) is 44.9 Å². The molecule has 0 spiro atoms. The second kappa shape index (κ2) is 10.6. The van der Waals surface area contributed by atoms with Gasteiger partial charge in [-0.05, 0) is 53.2 Å². The highest BCUT2D eigenvalue weighted by atomic mass is 79.9. The van der Waals surface area contributed by atoms with E-state index in [9.17, 15) is 9.90 Å². The van der Waals surface area contributed by atoms with E-state index in [1.165, 1.54) is 16.0 Å². The Labute approximate surface area is 234 Å². The number of hydrogen-bond acceptors (Lipinski definition) is 5. The van der Waals surface area contributed by atoms with E-state index in [1.807, 2.05) is 54.9 Å². The molecule has 1 N–H and O–H groups in total. The van der Waals surface area contributed by atoms with Crippen molar-refractivity contribution < 1.29 is 5.11 Å². The van der Waals surface area contributed by atoms with Gasteiger partial charge in [0.25, 0.3) is 5.56 Å². The van der Waals surface area contributed by atoms with Crippen LogP contribution in [0.25, 0.3) is 10.1 Å². The van der Waals surface area contributed by atoms with Crippen molar-refractivity contribution in [1.82, 2.24) is 19.6 Å². The van der Waals surface area contributed by atoms with E-state index in [1.54, 1.807) is 7.05 Å². The molecular formula is C30H31BrN4O2S. The van der Waals surface area contributed by atoms with E-state index < -0.39 is 6.10 Å². The highest BCUT2D eigenvalue weighted by molar-refractivity contribution is 9.10. The van der Waals surface area contributed by atoms with Crippen molar-refractivity contribution in [2.45, 2.75) is 46.3 Å². The Bertz CT molecular complexity index is 1620. The summed E-state index contributed by atoms with van der Waals surface area (Å²) in [6, 6.07) is 20.4. The van der Waals surface area contributed by atoms with Crippen LogP contribution in [0.3, 0.4) is 0 Å². The lowest BCUT2D eigenvalue weighted by Crippen LogP contribution is -2.21. The average Bonchev–Trinajstić information content (AvgIpc) is 3.39. The van der Waals surface area contributed by atoms with Crippen molar-refractivity contribution in [3.8, 4) is 0 Å². The zero-order valence-corrected chi connectivity index (χ0v) is 24.5. The number of nitrogens with zero attached hydrogens (tertiary/aromatic N) is 4. The van der Waals surface area contributed by atoms with E-state index in [0.29, 0.717) is 20.7 Å². The van der Waals surface area contributed by atoms with E-state index in [2.05, 4.69) is 59.1 Å². The molecule has 0 fully saturated rings. The molecule has 196 valence electrons. The maximum atomic E-state index is 13.1. The largest absolute Gasteiger partial charge is 0.383 e. The van der Waals surface area contributed by atoms with Gasteiger partial charge in [-0.25, -0.2) is 4.68 Å². The lowest BCUT2D eigenvalue weighted by Gasteiger charge is -2.21. The van der Waals surface area contributed by atoms with Gasteiger partial charge >= 0.3 is 0 Å². The van der Waals surface area contributed by atoms with Crippen LogP contribution < -0.4 is 5.56 Å². The van der Waals surface area contributed by atoms with Gasteiger partial charge < -0.3 is 5.11 Å². The minimum absolute atomic E-state index is 0.142. The number of thiophene rings is 1. The molecule has 6 nitrogen and oxygen atoms in total. The maximum Gasteiger partial charge on any atom is 0.276 e. The van der Waals surface area contributed by atoms with Gasteiger partial charge in [0.15, 0.2) is 0 Å². The normalized spacial score (nSPS) is 12.7. The molecule has 0 amide bonds. The predicted octanol–water partition coefficient (Wildman–Crippen LogP) is 6.49. The molecule has 0 bridgehead atoms. The summed E-state index contributed by atoms with van der Waals surface area (Å²) in [7, 11) is 1.68. The number of aromatic nitrogens is 4. The monoisotopic (exact) mass is 590 g/mol. The van der Waals surface area contributed by atoms with Gasteiger partial charge in [0.1, 0.15) is 12.1 Å². The Morgan fingerprint density at radius 3 is 2.11 bits per heavy atom. The molecule has 5 aromatic rings. The summed E-state index contributed by atoms with van der Waals surface area (Å²) >= 11 is 5.11. The fourth-order valence-electron chi connectivity index (χ4n) is 5.15. The summed E-state index contributed by atoms with van der Waals surface area (Å²) < 4.78 is 4.86. The van der Waals surface area contributed by atoms with E-state index in [4.69, 9.17) is 5.10 Å². The van der Waals surface area contributed by atoms with Gasteiger partial charge in [-0.2, -0.15) is 10.2 Å². The quantitative estimate of drug-likeness (QED) is 0.235. The summed E-state index contributed by atoms with van der Waals surface area (Å²) in [5, 5.41) is 21.9. The summed E-state index contributed by atoms with van der Waals surface area (Å²) in [5.74, 6) is 0.382. The van der Waals surface area contributed by atoms with Crippen LogP contribution in [0, 0.1) is 19.8 Å². The van der Waals surface area contributed by atoms with Crippen LogP contribution in [0.1, 0.15) is 64.6 Å². The molecule has 0 aliphatic carbocycles. The van der Waals surface area contributed by atoms with E-state index in [-0.39, 0.29) is 11.6 Å². The minimum Gasteiger partial charge on any atom is -0.383 e. The van der Waals surface area contributed by atoms with Crippen LogP contribution in [0.5, 0.6) is 0 Å². The van der Waals surface area contributed by atoms with Crippen LogP contribution >= 0.6 is 27.3 Å². The smallest absolute Gasteiger partial charge is 0.276 e. The van der Waals surface area contributed by atoms with Crippen molar-refractivity contribution in [2.24, 2.45) is 13.0 Å². The van der Waals surface area contributed by atoms with Crippen molar-refractivity contribution in [3.63, 3.8) is 0 Å². The number of rotatable bonds is 7. The third-order valence-corrected chi connectivity index (χ3v) is 9.27. The Balaban J connectivity index is 1.66. The number of aliphatic hydroxyl groups is 1. The number of aryl methyl sites for hydroxylation is 2. The predicted molar refractivity (Wildman–Crippen MR) is 157 cm³/mol. The van der Waals surface area contributed by atoms with Crippen molar-refractivity contribution in [1.29, 1.82) is 0 Å². The Kier molecular flexibility index (Phi) is 7.40. The molecule has 2 aromatic carbocycles. The molecule has 0 radical (unpaired) electrons. The van der Waals surface area contributed by atoms with Gasteiger partial charge in [-0.15, -0.1) is 11.3 Å². The third-order valence-electron chi connectivity index (χ3n) is 6.90. The standard InChI is InChI=1S/C30H31BrN4O2S/c1-17(2)16-22-28-24(30(37)34(5)33-22)25(31)29(38-28)27(36)23-18(3)32-35(19(23)4)26(20-12-8-6-9-13-20)21-14-10-7-11-15-21/h6-15,17,26-27,36H,16H2,1-5H3. The maximum absolute atomic E-state index is 13.1. The van der Waals surface area contributed by atoms with Gasteiger partial charge in [-0.3, -0.25) is 9.48 Å². The fourth-order valence-corrected chi connectivity index (χ4v) is 7.29. The molecule has 0 aliphatic rings. The summed E-state index contributed by atoms with van der Waals surface area (Å²) in [6.45, 7) is 8.20. The first kappa shape index (κ1) is 26.5. The molecule has 1 atom stereocenters. The number of hydrogen-bond donors (Lipinski definition) is 1. The molecule has 8 heteroatoms. The van der Waals surface area contributed by atoms with Gasteiger partial charge in [-0.1, -0.05) is 74.5 Å². The molecule has 1 unspecified atom stereocenters. The summed E-state index contributed by atoms with van der Waals surface area (Å²) in [4.78, 5) is 13.8. The highest BCUT2D eigenvalue weighted by Crippen LogP contribution is 2.43. The first-order chi connectivity index (χ1) is 18.2. The van der Waals surface area contributed by atoms with Gasteiger partial charge in [0.05, 0.1) is 26.4 Å². The third kappa shape index (κ3) is 4.65. The van der Waals surface area contributed by atoms with E-state index >= 15 is 0 Å². The first-order valence-electron chi connectivity index (χ1n) is 12.7. The summed E-state index contributed by atoms with van der Waals surface area (Å²) in [6.07, 6.45) is -0.196. The zero-order valence-electron chi connectivity index (χ0n) is 22.1. The van der Waals surface area contributed by atoms with Crippen LogP contribution in [0.4, 0.5) is 0 Å². The van der Waals surface area contributed by atoms with Crippen LogP contribution in [-0.2, 0) is 13.5 Å². The zero-order chi connectivity index (χ0) is 27.1. The number of fused-ring (bicyclic) bond motifs is 1. The van der Waals surface area contributed by atoms with Crippen molar-refractivity contribution in [2.75, 3.05) is 0 Å². The molecule has 3 heterocycles. The molecule has 0 saturated heterocycles. The Morgan fingerprint density at radius 2 is 1.55 bits per heavy atom. The van der Waals surface area contributed by atoms with Gasteiger partial charge in [0, 0.05) is 22.8 Å². The molecular weight excluding hydrogens is 560 g/mol. The average molecular weight is 592 g/mol. The van der Waals surface area contributed by atoms with Crippen LogP contribution in [-0.4, -0.2) is 24.7 Å². The van der Waals surface area contributed by atoms with Crippen molar-refractivity contribution in [3.05, 3.63) is 114 Å². The van der Waals surface area contributed by atoms with Crippen molar-refractivity contribution >= 4 is 37.4 Å². The number of benzene rings is 2. The fraction of sp³-hybridized carbons (Fsp3) is 0.300. The lowest BCUT2D eigenvalue weighted by atomic mass is 9.98. The number of halogens is 1. The summed E-state index contributed by atoms with van der Waals surface area (Å²) in [5.41, 5.74) is 5.31. The lowest BCUT2D eigenvalue weighted by molar-refractivity contribution is 0.222. The Morgan fingerprint density at radius 1 is 0.974 bits per heavy atom. The van der Waals surface area contributed by atoms with Gasteiger partial charge in [0.2, 0.25) is 0 Å². The highest BCUT2D eigenvalue weighted by Gasteiger charge is 2.30. The molecule has 0 aliphatic heterocycles. The Hall–Kier alpha value is -3.07. The molecule has 5 rings (SSSR count). The SMILES string of the molecule is Cc1nn(C(c2ccccc2)c2ccccc2)c(C)c1C(O)c1sc2c(CC(C)C)nn(C)c(=O)c2c1Br. The molecule has 3 aromatic heterocycles. The topological polar surface area (TPSA) is 72.9 Å². The van der Waals surface area contributed by atoms with Crippen LogP contribution in [0.2, 0.25) is 0 Å². The first-order valence-corrected chi connectivity index (χ1v) is 14.3.